The van der Waals surface area contributed by atoms with Gasteiger partial charge in [-0.15, -0.1) is 10.2 Å². The predicted octanol–water partition coefficient (Wildman–Crippen LogP) is 5.26. The number of allylic oxidation sites excluding steroid dienone is 3. The number of hydrogen-bond acceptors (Lipinski definition) is 11. The summed E-state index contributed by atoms with van der Waals surface area (Å²) in [4.78, 5) is 28.1. The summed E-state index contributed by atoms with van der Waals surface area (Å²) in [7, 11) is 3.18. The van der Waals surface area contributed by atoms with Gasteiger partial charge in [-0.25, -0.2) is 0 Å². The number of benzene rings is 2. The van der Waals surface area contributed by atoms with Crippen LogP contribution in [-0.2, 0) is 16.0 Å². The number of amides is 1. The number of nitrogens with zero attached hydrogens (tertiary/aromatic N) is 4. The Kier molecular flexibility index (Phi) is 9.51. The summed E-state index contributed by atoms with van der Waals surface area (Å²) in [5.74, 6) is 1.02. The maximum absolute atomic E-state index is 13.7. The summed E-state index contributed by atoms with van der Waals surface area (Å²) >= 11 is 2.55. The number of nitrogens with two attached hydrogens (primary N) is 1. The average Bonchev–Trinajstić information content (AvgIpc) is 3.47. The van der Waals surface area contributed by atoms with Gasteiger partial charge in [0, 0.05) is 24.2 Å². The van der Waals surface area contributed by atoms with Gasteiger partial charge in [0.05, 0.1) is 37.5 Å². The van der Waals surface area contributed by atoms with Crippen LogP contribution in [0, 0.1) is 23.7 Å². The molecule has 3 aromatic rings. The van der Waals surface area contributed by atoms with Gasteiger partial charge < -0.3 is 20.5 Å². The van der Waals surface area contributed by atoms with E-state index in [1.54, 1.807) is 19.1 Å². The molecule has 5 rings (SSSR count). The molecule has 1 atom stereocenters. The first-order valence-corrected chi connectivity index (χ1v) is 16.3. The minimum absolute atomic E-state index is 0.00174. The van der Waals surface area contributed by atoms with E-state index in [9.17, 15) is 14.9 Å². The number of carbonyl (C=O) groups is 2. The SMILES string of the molecule is COc1ccc(CCNC(=O)CSc2nnc(N3C(N)=C(C#N)C(c4cccc(C)c4)C4=C3CC(C)(C)CC4=O)s2)cc1OC. The third kappa shape index (κ3) is 6.84. The van der Waals surface area contributed by atoms with Crippen LogP contribution < -0.4 is 25.4 Å². The lowest BCUT2D eigenvalue weighted by molar-refractivity contribution is -0.119. The highest BCUT2D eigenvalue weighted by Crippen LogP contribution is 2.50. The molecule has 0 spiro atoms. The molecule has 3 N–H and O–H groups in total. The second-order valence-electron chi connectivity index (χ2n) is 11.8. The molecule has 2 aromatic carbocycles. The van der Waals surface area contributed by atoms with Gasteiger partial charge in [0.25, 0.3) is 0 Å². The van der Waals surface area contributed by atoms with Crippen LogP contribution in [0.3, 0.4) is 0 Å². The molecule has 45 heavy (non-hydrogen) atoms. The normalized spacial score (nSPS) is 17.6. The lowest BCUT2D eigenvalue weighted by Crippen LogP contribution is -2.42. The van der Waals surface area contributed by atoms with Crippen LogP contribution in [-0.4, -0.2) is 48.4 Å². The third-order valence-corrected chi connectivity index (χ3v) is 9.90. The molecular weight excluding hydrogens is 609 g/mol. The summed E-state index contributed by atoms with van der Waals surface area (Å²) < 4.78 is 11.2. The quantitative estimate of drug-likeness (QED) is 0.281. The number of Topliss-reactive ketones (excluding diaryl/α,β-unsaturated/α-hetero) is 1. The van der Waals surface area contributed by atoms with E-state index in [0.29, 0.717) is 57.9 Å². The number of ether oxygens (including phenoxy) is 2. The van der Waals surface area contributed by atoms with Crippen LogP contribution in [0.25, 0.3) is 0 Å². The minimum Gasteiger partial charge on any atom is -0.493 e. The van der Waals surface area contributed by atoms with Gasteiger partial charge in [0.1, 0.15) is 5.82 Å². The number of anilines is 1. The number of nitrogens with one attached hydrogen (secondary N) is 1. The van der Waals surface area contributed by atoms with Gasteiger partial charge in [-0.1, -0.05) is 72.8 Å². The lowest BCUT2D eigenvalue weighted by Gasteiger charge is -2.42. The van der Waals surface area contributed by atoms with Crippen molar-refractivity contribution in [1.29, 1.82) is 5.26 Å². The topological polar surface area (TPSA) is 143 Å². The van der Waals surface area contributed by atoms with Gasteiger partial charge in [-0.3, -0.25) is 14.5 Å². The Labute approximate surface area is 271 Å². The standard InChI is InChI=1S/C33H36N6O4S2/c1-19-7-6-8-21(13-19)28-22(17-34)30(35)39(23-15-33(2,3)16-24(40)29(23)28)31-37-38-32(45-31)44-18-27(41)36-12-11-20-9-10-25(42-4)26(14-20)43-5/h6-10,13-14,28H,11-12,15-16,18,35H2,1-5H3,(H,36,41). The fourth-order valence-corrected chi connectivity index (χ4v) is 7.53. The van der Waals surface area contributed by atoms with E-state index >= 15 is 0 Å². The number of ketones is 1. The molecule has 0 bridgehead atoms. The molecule has 1 aliphatic heterocycles. The van der Waals surface area contributed by atoms with Crippen LogP contribution in [0.15, 0.2) is 69.5 Å². The molecular formula is C33H36N6O4S2. The van der Waals surface area contributed by atoms with Crippen molar-refractivity contribution in [1.82, 2.24) is 15.5 Å². The number of aromatic nitrogens is 2. The second kappa shape index (κ2) is 13.3. The smallest absolute Gasteiger partial charge is 0.230 e. The average molecular weight is 645 g/mol. The summed E-state index contributed by atoms with van der Waals surface area (Å²) in [5, 5.41) is 22.4. The van der Waals surface area contributed by atoms with E-state index in [2.05, 4.69) is 35.4 Å². The number of thioether (sulfide) groups is 1. The Hall–Kier alpha value is -4.34. The minimum atomic E-state index is -0.547. The molecule has 12 heteroatoms. The fraction of sp³-hybridized carbons (Fsp3) is 0.364. The maximum Gasteiger partial charge on any atom is 0.230 e. The number of nitriles is 1. The molecule has 1 unspecified atom stereocenters. The Morgan fingerprint density at radius 1 is 1.18 bits per heavy atom. The molecule has 0 saturated carbocycles. The number of carbonyl (C=O) groups excluding carboxylic acids is 2. The maximum atomic E-state index is 13.7. The third-order valence-electron chi connectivity index (χ3n) is 7.85. The van der Waals surface area contributed by atoms with Gasteiger partial charge in [-0.2, -0.15) is 5.26 Å². The zero-order chi connectivity index (χ0) is 32.3. The van der Waals surface area contributed by atoms with Crippen molar-refractivity contribution in [2.45, 2.75) is 50.3 Å². The molecule has 0 fully saturated rings. The van der Waals surface area contributed by atoms with Gasteiger partial charge in [0.15, 0.2) is 21.6 Å². The monoisotopic (exact) mass is 644 g/mol. The largest absolute Gasteiger partial charge is 0.493 e. The molecule has 0 radical (unpaired) electrons. The molecule has 1 amide bonds. The predicted molar refractivity (Wildman–Crippen MR) is 175 cm³/mol. The van der Waals surface area contributed by atoms with E-state index in [-0.39, 0.29) is 28.7 Å². The van der Waals surface area contributed by atoms with Crippen molar-refractivity contribution in [2.75, 3.05) is 31.4 Å². The summed E-state index contributed by atoms with van der Waals surface area (Å²) in [5.41, 5.74) is 11.0. The van der Waals surface area contributed by atoms with Crippen molar-refractivity contribution in [3.8, 4) is 17.6 Å². The van der Waals surface area contributed by atoms with Crippen LogP contribution in [0.4, 0.5) is 5.13 Å². The number of aryl methyl sites for hydroxylation is 1. The lowest BCUT2D eigenvalue weighted by atomic mass is 9.68. The second-order valence-corrected chi connectivity index (χ2v) is 14.0. The molecule has 10 nitrogen and oxygen atoms in total. The Bertz CT molecular complexity index is 1740. The van der Waals surface area contributed by atoms with E-state index < -0.39 is 5.92 Å². The first kappa shape index (κ1) is 32.1. The van der Waals surface area contributed by atoms with Gasteiger partial charge >= 0.3 is 0 Å². The molecule has 2 heterocycles. The van der Waals surface area contributed by atoms with Crippen LogP contribution in [0.2, 0.25) is 0 Å². The first-order valence-electron chi connectivity index (χ1n) is 14.5. The van der Waals surface area contributed by atoms with E-state index in [1.807, 2.05) is 49.4 Å². The van der Waals surface area contributed by atoms with Crippen molar-refractivity contribution in [3.05, 3.63) is 81.8 Å². The molecule has 234 valence electrons. The first-order chi connectivity index (χ1) is 21.5. The van der Waals surface area contributed by atoms with Crippen LogP contribution in [0.5, 0.6) is 11.5 Å². The van der Waals surface area contributed by atoms with E-state index in [0.717, 1.165) is 22.4 Å². The van der Waals surface area contributed by atoms with Crippen molar-refractivity contribution >= 4 is 39.9 Å². The highest BCUT2D eigenvalue weighted by molar-refractivity contribution is 8.01. The van der Waals surface area contributed by atoms with Gasteiger partial charge in [-0.05, 0) is 48.4 Å². The highest BCUT2D eigenvalue weighted by Gasteiger charge is 2.45. The Morgan fingerprint density at radius 3 is 2.67 bits per heavy atom. The molecule has 2 aliphatic rings. The number of hydrogen-bond donors (Lipinski definition) is 2. The van der Waals surface area contributed by atoms with Crippen molar-refractivity contribution in [3.63, 3.8) is 0 Å². The van der Waals surface area contributed by atoms with Crippen molar-refractivity contribution < 1.29 is 19.1 Å². The van der Waals surface area contributed by atoms with Gasteiger partial charge in [0.2, 0.25) is 11.0 Å². The van der Waals surface area contributed by atoms with Crippen LogP contribution >= 0.6 is 23.1 Å². The zero-order valence-electron chi connectivity index (χ0n) is 26.0. The fourth-order valence-electron chi connectivity index (χ4n) is 5.82. The summed E-state index contributed by atoms with van der Waals surface area (Å²) in [6, 6.07) is 15.8. The van der Waals surface area contributed by atoms with Crippen molar-refractivity contribution in [2.24, 2.45) is 11.1 Å². The van der Waals surface area contributed by atoms with E-state index in [1.165, 1.54) is 23.1 Å². The number of methoxy groups -OCH3 is 2. The molecule has 0 saturated heterocycles. The highest BCUT2D eigenvalue weighted by atomic mass is 32.2. The Balaban J connectivity index is 1.32. The molecule has 1 aromatic heterocycles. The summed E-state index contributed by atoms with van der Waals surface area (Å²) in [6.07, 6.45) is 1.59. The summed E-state index contributed by atoms with van der Waals surface area (Å²) in [6.45, 7) is 6.56. The number of rotatable bonds is 10. The van der Waals surface area contributed by atoms with E-state index in [4.69, 9.17) is 15.2 Å². The Morgan fingerprint density at radius 2 is 1.96 bits per heavy atom. The zero-order valence-corrected chi connectivity index (χ0v) is 27.6. The molecule has 1 aliphatic carbocycles. The van der Waals surface area contributed by atoms with Crippen LogP contribution in [0.1, 0.15) is 49.3 Å².